The smallest absolute Gasteiger partial charge is 0.413 e. The van der Waals surface area contributed by atoms with Gasteiger partial charge < -0.3 is 14.9 Å². The van der Waals surface area contributed by atoms with Gasteiger partial charge in [-0.2, -0.15) is 0 Å². The largest absolute Gasteiger partial charge is 0.444 e. The van der Waals surface area contributed by atoms with Gasteiger partial charge in [0, 0.05) is 12.1 Å². The number of aliphatic hydroxyl groups excluding tert-OH is 2. The van der Waals surface area contributed by atoms with Crippen molar-refractivity contribution in [3.63, 3.8) is 0 Å². The lowest BCUT2D eigenvalue weighted by molar-refractivity contribution is 0.0190. The van der Waals surface area contributed by atoms with Gasteiger partial charge in [-0.3, -0.25) is 5.32 Å². The van der Waals surface area contributed by atoms with Crippen LogP contribution < -0.4 is 5.32 Å². The fourth-order valence-electron chi connectivity index (χ4n) is 1.33. The zero-order chi connectivity index (χ0) is 15.3. The fraction of sp³-hybridized carbons (Fsp3) is 0.667. The Morgan fingerprint density at radius 2 is 2.20 bits per heavy atom. The first-order valence-electron chi connectivity index (χ1n) is 6.11. The molecule has 0 aromatic carbocycles. The van der Waals surface area contributed by atoms with E-state index in [2.05, 4.69) is 10.3 Å². The summed E-state index contributed by atoms with van der Waals surface area (Å²) in [6.07, 6.45) is -0.966. The van der Waals surface area contributed by atoms with Crippen molar-refractivity contribution in [2.75, 3.05) is 11.2 Å². The summed E-state index contributed by atoms with van der Waals surface area (Å²) in [4.78, 5) is 16.0. The molecule has 0 spiro atoms. The van der Waals surface area contributed by atoms with Gasteiger partial charge in [0.2, 0.25) is 0 Å². The molecule has 0 saturated carbocycles. The topological polar surface area (TPSA) is 91.7 Å². The lowest BCUT2D eigenvalue weighted by Crippen LogP contribution is -2.27. The fourth-order valence-corrected chi connectivity index (χ4v) is 2.40. The van der Waals surface area contributed by atoms with Crippen LogP contribution in [0.1, 0.15) is 38.2 Å². The number of carbonyl (C=O) groups is 1. The Balaban J connectivity index is 2.61. The maximum absolute atomic E-state index is 11.5. The molecule has 1 amide bonds. The quantitative estimate of drug-likeness (QED) is 0.724. The number of nitrogens with zero attached hydrogens (tertiary/aromatic N) is 1. The number of aromatic nitrogens is 1. The third kappa shape index (κ3) is 5.62. The Hall–Kier alpha value is -0.890. The zero-order valence-electron chi connectivity index (χ0n) is 11.6. The highest BCUT2D eigenvalue weighted by atomic mass is 35.5. The number of alkyl halides is 1. The first-order chi connectivity index (χ1) is 9.23. The molecular formula is C12H19ClN2O4S. The molecule has 0 radical (unpaired) electrons. The van der Waals surface area contributed by atoms with E-state index in [4.69, 9.17) is 16.3 Å². The maximum atomic E-state index is 11.5. The van der Waals surface area contributed by atoms with E-state index in [9.17, 15) is 15.0 Å². The Bertz CT molecular complexity index is 447. The molecule has 0 saturated heterocycles. The lowest BCUT2D eigenvalue weighted by atomic mass is 10.1. The molecule has 1 aromatic heterocycles. The second-order valence-corrected chi connectivity index (χ2v) is 6.62. The summed E-state index contributed by atoms with van der Waals surface area (Å²) in [6, 6.07) is 0. The summed E-state index contributed by atoms with van der Waals surface area (Å²) in [5.74, 6) is 0.250. The summed E-state index contributed by atoms with van der Waals surface area (Å²) >= 11 is 6.58. The number of hydrogen-bond donors (Lipinski definition) is 3. The second-order valence-electron chi connectivity index (χ2n) is 5.18. The van der Waals surface area contributed by atoms with Crippen LogP contribution in [0, 0.1) is 0 Å². The molecular weight excluding hydrogens is 304 g/mol. The van der Waals surface area contributed by atoms with Crippen LogP contribution in [-0.2, 0) is 4.74 Å². The number of ether oxygens (including phenoxy) is 1. The SMILES string of the molecule is CC(C)(C)OC(=O)Nc1ncc(C(O)C(O)CCCl)s1. The molecule has 0 aliphatic heterocycles. The van der Waals surface area contributed by atoms with Gasteiger partial charge in [0.15, 0.2) is 5.13 Å². The molecule has 6 nitrogen and oxygen atoms in total. The van der Waals surface area contributed by atoms with Crippen molar-refractivity contribution in [2.24, 2.45) is 0 Å². The highest BCUT2D eigenvalue weighted by Gasteiger charge is 2.22. The van der Waals surface area contributed by atoms with E-state index >= 15 is 0 Å². The van der Waals surface area contributed by atoms with Crippen molar-refractivity contribution >= 4 is 34.2 Å². The summed E-state index contributed by atoms with van der Waals surface area (Å²) in [6.45, 7) is 5.27. The molecule has 1 rings (SSSR count). The molecule has 20 heavy (non-hydrogen) atoms. The van der Waals surface area contributed by atoms with Gasteiger partial charge in [-0.05, 0) is 27.2 Å². The first kappa shape index (κ1) is 17.2. The Kier molecular flexibility index (Phi) is 6.19. The van der Waals surface area contributed by atoms with Gasteiger partial charge in [-0.1, -0.05) is 11.3 Å². The van der Waals surface area contributed by atoms with E-state index in [1.165, 1.54) is 6.20 Å². The molecule has 0 aliphatic carbocycles. The minimum atomic E-state index is -1.07. The minimum absolute atomic E-state index is 0.250. The van der Waals surface area contributed by atoms with Gasteiger partial charge in [-0.15, -0.1) is 11.6 Å². The van der Waals surface area contributed by atoms with Crippen LogP contribution >= 0.6 is 22.9 Å². The average Bonchev–Trinajstić information content (AvgIpc) is 2.74. The number of carbonyl (C=O) groups excluding carboxylic acids is 1. The van der Waals surface area contributed by atoms with E-state index in [0.717, 1.165) is 11.3 Å². The van der Waals surface area contributed by atoms with E-state index in [0.29, 0.717) is 10.0 Å². The zero-order valence-corrected chi connectivity index (χ0v) is 13.2. The van der Waals surface area contributed by atoms with Crippen LogP contribution in [0.15, 0.2) is 6.20 Å². The molecule has 2 unspecified atom stereocenters. The molecule has 1 aromatic rings. The van der Waals surface area contributed by atoms with Crippen LogP contribution in [0.5, 0.6) is 0 Å². The Morgan fingerprint density at radius 3 is 2.75 bits per heavy atom. The predicted molar refractivity (Wildman–Crippen MR) is 78.3 cm³/mol. The summed E-state index contributed by atoms with van der Waals surface area (Å²) in [5.41, 5.74) is -0.597. The number of rotatable bonds is 5. The van der Waals surface area contributed by atoms with Crippen LogP contribution in [-0.4, -0.2) is 38.9 Å². The van der Waals surface area contributed by atoms with Crippen molar-refractivity contribution in [1.29, 1.82) is 0 Å². The van der Waals surface area contributed by atoms with Gasteiger partial charge in [0.1, 0.15) is 11.7 Å². The number of anilines is 1. The van der Waals surface area contributed by atoms with E-state index < -0.39 is 23.9 Å². The van der Waals surface area contributed by atoms with Crippen LogP contribution in [0.2, 0.25) is 0 Å². The number of aliphatic hydroxyl groups is 2. The van der Waals surface area contributed by atoms with Crippen LogP contribution in [0.4, 0.5) is 9.93 Å². The third-order valence-electron chi connectivity index (χ3n) is 2.19. The lowest BCUT2D eigenvalue weighted by Gasteiger charge is -2.19. The highest BCUT2D eigenvalue weighted by molar-refractivity contribution is 7.15. The van der Waals surface area contributed by atoms with E-state index in [1.54, 1.807) is 20.8 Å². The van der Waals surface area contributed by atoms with Gasteiger partial charge in [0.05, 0.1) is 11.0 Å². The predicted octanol–water partition coefficient (Wildman–Crippen LogP) is 2.51. The number of amides is 1. The normalized spacial score (nSPS) is 14.7. The summed E-state index contributed by atoms with van der Waals surface area (Å²) < 4.78 is 5.08. The minimum Gasteiger partial charge on any atom is -0.444 e. The summed E-state index contributed by atoms with van der Waals surface area (Å²) in [7, 11) is 0. The summed E-state index contributed by atoms with van der Waals surface area (Å²) in [5, 5.41) is 22.3. The Morgan fingerprint density at radius 1 is 1.55 bits per heavy atom. The van der Waals surface area contributed by atoms with Crippen molar-refractivity contribution in [1.82, 2.24) is 4.98 Å². The molecule has 2 atom stereocenters. The molecule has 114 valence electrons. The molecule has 0 aliphatic rings. The second kappa shape index (κ2) is 7.21. The average molecular weight is 323 g/mol. The van der Waals surface area contributed by atoms with Crippen molar-refractivity contribution in [2.45, 2.75) is 45.0 Å². The third-order valence-corrected chi connectivity index (χ3v) is 3.39. The van der Waals surface area contributed by atoms with E-state index in [-0.39, 0.29) is 12.3 Å². The monoisotopic (exact) mass is 322 g/mol. The molecule has 3 N–H and O–H groups in total. The van der Waals surface area contributed by atoms with Gasteiger partial charge in [-0.25, -0.2) is 9.78 Å². The standard InChI is InChI=1S/C12H19ClN2O4S/c1-12(2,3)19-11(18)15-10-14-6-8(20-10)9(17)7(16)4-5-13/h6-7,9,16-17H,4-5H2,1-3H3,(H,14,15,18). The first-order valence-corrected chi connectivity index (χ1v) is 7.46. The van der Waals surface area contributed by atoms with Crippen LogP contribution in [0.25, 0.3) is 0 Å². The molecule has 0 bridgehead atoms. The number of halogens is 1. The molecule has 0 fully saturated rings. The van der Waals surface area contributed by atoms with Crippen molar-refractivity contribution in [3.8, 4) is 0 Å². The Labute approximate surface area is 126 Å². The number of nitrogens with one attached hydrogen (secondary N) is 1. The molecule has 8 heteroatoms. The van der Waals surface area contributed by atoms with E-state index in [1.807, 2.05) is 0 Å². The molecule has 1 heterocycles. The number of thiazole rings is 1. The van der Waals surface area contributed by atoms with Gasteiger partial charge >= 0.3 is 6.09 Å². The van der Waals surface area contributed by atoms with Crippen molar-refractivity contribution < 1.29 is 19.7 Å². The van der Waals surface area contributed by atoms with Gasteiger partial charge in [0.25, 0.3) is 0 Å². The maximum Gasteiger partial charge on any atom is 0.413 e. The highest BCUT2D eigenvalue weighted by Crippen LogP contribution is 2.28. The number of hydrogen-bond acceptors (Lipinski definition) is 6. The van der Waals surface area contributed by atoms with Crippen LogP contribution in [0.3, 0.4) is 0 Å². The van der Waals surface area contributed by atoms with Crippen molar-refractivity contribution in [3.05, 3.63) is 11.1 Å².